The zero-order valence-electron chi connectivity index (χ0n) is 14.7. The Morgan fingerprint density at radius 1 is 0.958 bits per heavy atom. The lowest BCUT2D eigenvalue weighted by molar-refractivity contribution is -0.156. The molecule has 24 heavy (non-hydrogen) atoms. The molecule has 0 rings (SSSR count). The minimum absolute atomic E-state index is 0.0514. The summed E-state index contributed by atoms with van der Waals surface area (Å²) < 4.78 is 15.4. The van der Waals surface area contributed by atoms with Gasteiger partial charge in [0.25, 0.3) is 0 Å². The summed E-state index contributed by atoms with van der Waals surface area (Å²) in [5.41, 5.74) is -0.948. The molecule has 0 aromatic heterocycles. The molecule has 0 heterocycles. The maximum absolute atomic E-state index is 11.8. The predicted molar refractivity (Wildman–Crippen MR) is 89.4 cm³/mol. The number of ether oxygens (including phenoxy) is 3. The van der Waals surface area contributed by atoms with Gasteiger partial charge in [-0.05, 0) is 20.8 Å². The average molecular weight is 341 g/mol. The molecule has 0 saturated carbocycles. The van der Waals surface area contributed by atoms with Crippen LogP contribution in [0.3, 0.4) is 0 Å². The summed E-state index contributed by atoms with van der Waals surface area (Å²) in [7, 11) is 0. The van der Waals surface area contributed by atoms with Crippen LogP contribution in [0.5, 0.6) is 0 Å². The van der Waals surface area contributed by atoms with Crippen LogP contribution in [-0.2, 0) is 23.8 Å². The Morgan fingerprint density at radius 2 is 1.46 bits per heavy atom. The van der Waals surface area contributed by atoms with Gasteiger partial charge in [-0.3, -0.25) is 0 Å². The topological polar surface area (TPSA) is 82.1 Å². The van der Waals surface area contributed by atoms with Gasteiger partial charge in [0.05, 0.1) is 13.2 Å². The van der Waals surface area contributed by atoms with Gasteiger partial charge in [0, 0.05) is 38.1 Å². The van der Waals surface area contributed by atoms with Crippen LogP contribution in [-0.4, -0.2) is 54.8 Å². The van der Waals surface area contributed by atoms with Crippen LogP contribution in [0.2, 0.25) is 0 Å². The van der Waals surface area contributed by atoms with Crippen LogP contribution in [0.15, 0.2) is 25.3 Å². The van der Waals surface area contributed by atoms with Gasteiger partial charge in [-0.2, -0.15) is 0 Å². The first kappa shape index (κ1) is 21.7. The third-order valence-electron chi connectivity index (χ3n) is 3.43. The van der Waals surface area contributed by atoms with E-state index < -0.39 is 23.6 Å². The maximum Gasteiger partial charge on any atom is 0.409 e. The fourth-order valence-corrected chi connectivity index (χ4v) is 1.87. The summed E-state index contributed by atoms with van der Waals surface area (Å²) in [6, 6.07) is 0. The summed E-state index contributed by atoms with van der Waals surface area (Å²) in [4.78, 5) is 35.9. The highest BCUT2D eigenvalue weighted by Gasteiger charge is 2.29. The summed E-state index contributed by atoms with van der Waals surface area (Å²) in [6.07, 6.45) is 2.21. The quantitative estimate of drug-likeness (QED) is 0.326. The Labute approximate surface area is 143 Å². The molecule has 1 amide bonds. The molecule has 136 valence electrons. The van der Waals surface area contributed by atoms with Crippen molar-refractivity contribution in [2.24, 2.45) is 0 Å². The van der Waals surface area contributed by atoms with Crippen LogP contribution >= 0.6 is 0 Å². The predicted octanol–water partition coefficient (Wildman–Crippen LogP) is 2.46. The largest absolute Gasteiger partial charge is 0.462 e. The summed E-state index contributed by atoms with van der Waals surface area (Å²) in [5.74, 6) is -1.15. The monoisotopic (exact) mass is 341 g/mol. The molecular formula is C17H27NO6. The highest BCUT2D eigenvalue weighted by molar-refractivity contribution is 5.81. The van der Waals surface area contributed by atoms with Gasteiger partial charge in [0.15, 0.2) is 0 Å². The van der Waals surface area contributed by atoms with E-state index >= 15 is 0 Å². The first-order chi connectivity index (χ1) is 11.3. The first-order valence-electron chi connectivity index (χ1n) is 7.88. The lowest BCUT2D eigenvalue weighted by Crippen LogP contribution is -2.36. The molecule has 0 radical (unpaired) electrons. The molecule has 0 aromatic rings. The van der Waals surface area contributed by atoms with Crippen LogP contribution < -0.4 is 0 Å². The van der Waals surface area contributed by atoms with Crippen molar-refractivity contribution in [2.45, 2.75) is 39.2 Å². The van der Waals surface area contributed by atoms with Crippen molar-refractivity contribution in [2.75, 3.05) is 26.3 Å². The second-order valence-corrected chi connectivity index (χ2v) is 5.23. The van der Waals surface area contributed by atoms with Crippen molar-refractivity contribution in [1.82, 2.24) is 4.90 Å². The van der Waals surface area contributed by atoms with Crippen LogP contribution in [0.4, 0.5) is 4.79 Å². The van der Waals surface area contributed by atoms with Gasteiger partial charge in [-0.1, -0.05) is 13.2 Å². The van der Waals surface area contributed by atoms with E-state index in [9.17, 15) is 14.4 Å². The molecule has 0 N–H and O–H groups in total. The van der Waals surface area contributed by atoms with Gasteiger partial charge in [-0.15, -0.1) is 0 Å². The number of carbonyl (C=O) groups excluding carboxylic acids is 3. The lowest BCUT2D eigenvalue weighted by atomic mass is 9.98. The third-order valence-corrected chi connectivity index (χ3v) is 3.43. The molecule has 0 aliphatic carbocycles. The molecule has 0 saturated heterocycles. The molecule has 0 aromatic carbocycles. The van der Waals surface area contributed by atoms with Gasteiger partial charge >= 0.3 is 18.0 Å². The maximum atomic E-state index is 11.8. The molecule has 1 atom stereocenters. The molecular weight excluding hydrogens is 314 g/mol. The second kappa shape index (κ2) is 11.3. The van der Waals surface area contributed by atoms with Crippen molar-refractivity contribution in [1.29, 1.82) is 0 Å². The van der Waals surface area contributed by atoms with Crippen LogP contribution in [0.1, 0.15) is 33.6 Å². The Kier molecular flexibility index (Phi) is 10.2. The number of rotatable bonds is 11. The van der Waals surface area contributed by atoms with Crippen molar-refractivity contribution in [3.8, 4) is 0 Å². The minimum Gasteiger partial charge on any atom is -0.462 e. The summed E-state index contributed by atoms with van der Waals surface area (Å²) in [5, 5.41) is 0. The number of hydrogen-bond donors (Lipinski definition) is 0. The van der Waals surface area contributed by atoms with E-state index in [2.05, 4.69) is 13.2 Å². The average Bonchev–Trinajstić information content (AvgIpc) is 2.55. The Morgan fingerprint density at radius 3 is 1.92 bits per heavy atom. The smallest absolute Gasteiger partial charge is 0.409 e. The Bertz CT molecular complexity index is 458. The van der Waals surface area contributed by atoms with E-state index in [1.54, 1.807) is 11.8 Å². The summed E-state index contributed by atoms with van der Waals surface area (Å²) >= 11 is 0. The molecule has 0 fully saturated rings. The minimum atomic E-state index is -0.948. The third kappa shape index (κ3) is 8.36. The molecule has 7 heteroatoms. The molecule has 0 spiro atoms. The number of hydrogen-bond acceptors (Lipinski definition) is 6. The standard InChI is InChI=1S/C17H27NO6/c1-6-14(19)22-12-10-17(5,24-15(20)7-2)11-13-23-16(21)18(8-3)9-4/h6-7H,1-2,8-13H2,3-5H3. The molecule has 7 nitrogen and oxygen atoms in total. The zero-order chi connectivity index (χ0) is 18.6. The zero-order valence-corrected chi connectivity index (χ0v) is 14.7. The van der Waals surface area contributed by atoms with Crippen molar-refractivity contribution >= 4 is 18.0 Å². The fraction of sp³-hybridized carbons (Fsp3) is 0.588. The SMILES string of the molecule is C=CC(=O)OCCC(C)(CCOC(=O)N(CC)CC)OC(=O)C=C. The molecule has 0 aliphatic rings. The lowest BCUT2D eigenvalue weighted by Gasteiger charge is -2.29. The van der Waals surface area contributed by atoms with Gasteiger partial charge in [0.2, 0.25) is 0 Å². The highest BCUT2D eigenvalue weighted by Crippen LogP contribution is 2.21. The van der Waals surface area contributed by atoms with E-state index in [4.69, 9.17) is 14.2 Å². The number of nitrogens with zero attached hydrogens (tertiary/aromatic N) is 1. The first-order valence-corrected chi connectivity index (χ1v) is 7.88. The number of esters is 2. The van der Waals surface area contributed by atoms with E-state index in [0.717, 1.165) is 12.2 Å². The Hall–Kier alpha value is -2.31. The van der Waals surface area contributed by atoms with E-state index in [1.165, 1.54) is 0 Å². The van der Waals surface area contributed by atoms with Crippen LogP contribution in [0.25, 0.3) is 0 Å². The molecule has 0 aliphatic heterocycles. The van der Waals surface area contributed by atoms with Crippen molar-refractivity contribution < 1.29 is 28.6 Å². The Balaban J connectivity index is 4.61. The van der Waals surface area contributed by atoms with Crippen LogP contribution in [0, 0.1) is 0 Å². The molecule has 1 unspecified atom stereocenters. The van der Waals surface area contributed by atoms with E-state index in [1.807, 2.05) is 13.8 Å². The number of carbonyl (C=O) groups is 3. The fourth-order valence-electron chi connectivity index (χ4n) is 1.87. The summed E-state index contributed by atoms with van der Waals surface area (Å²) in [6.45, 7) is 13.3. The second-order valence-electron chi connectivity index (χ2n) is 5.23. The molecule has 0 bridgehead atoms. The van der Waals surface area contributed by atoms with E-state index in [-0.39, 0.29) is 26.1 Å². The normalized spacial score (nSPS) is 12.5. The highest BCUT2D eigenvalue weighted by atomic mass is 16.6. The van der Waals surface area contributed by atoms with Gasteiger partial charge in [0.1, 0.15) is 5.60 Å². The van der Waals surface area contributed by atoms with Gasteiger partial charge < -0.3 is 19.1 Å². The van der Waals surface area contributed by atoms with E-state index in [0.29, 0.717) is 13.1 Å². The number of amides is 1. The van der Waals surface area contributed by atoms with Crippen molar-refractivity contribution in [3.05, 3.63) is 25.3 Å². The van der Waals surface area contributed by atoms with Crippen molar-refractivity contribution in [3.63, 3.8) is 0 Å². The van der Waals surface area contributed by atoms with Gasteiger partial charge in [-0.25, -0.2) is 14.4 Å².